The minimum absolute atomic E-state index is 0.128. The molecule has 16 heavy (non-hydrogen) atoms. The third-order valence-electron chi connectivity index (χ3n) is 1.97. The van der Waals surface area contributed by atoms with Gasteiger partial charge in [-0.05, 0) is 0 Å². The highest BCUT2D eigenvalue weighted by Gasteiger charge is 2.12. The van der Waals surface area contributed by atoms with E-state index in [2.05, 4.69) is 9.97 Å². The van der Waals surface area contributed by atoms with E-state index in [4.69, 9.17) is 16.9 Å². The van der Waals surface area contributed by atoms with E-state index in [0.29, 0.717) is 5.39 Å². The van der Waals surface area contributed by atoms with Crippen molar-refractivity contribution < 1.29 is 4.92 Å². The zero-order valence-corrected chi connectivity index (χ0v) is 8.47. The summed E-state index contributed by atoms with van der Waals surface area (Å²) in [5.41, 5.74) is 0.248. The van der Waals surface area contributed by atoms with Gasteiger partial charge in [0.05, 0.1) is 15.5 Å². The van der Waals surface area contributed by atoms with Crippen molar-refractivity contribution in [2.24, 2.45) is 0 Å². The van der Waals surface area contributed by atoms with Crippen LogP contribution in [0.3, 0.4) is 0 Å². The van der Waals surface area contributed by atoms with Crippen LogP contribution >= 0.6 is 11.6 Å². The SMILES string of the molecule is N#Cc1cnc2ncc([N+](=O)[O-])cc2c1Cl. The van der Waals surface area contributed by atoms with Crippen LogP contribution in [0.25, 0.3) is 11.0 Å². The van der Waals surface area contributed by atoms with Gasteiger partial charge in [0.25, 0.3) is 5.69 Å². The van der Waals surface area contributed by atoms with Crippen molar-refractivity contribution in [3.63, 3.8) is 0 Å². The third-order valence-corrected chi connectivity index (χ3v) is 2.38. The Kier molecular flexibility index (Phi) is 2.38. The van der Waals surface area contributed by atoms with Gasteiger partial charge >= 0.3 is 0 Å². The maximum absolute atomic E-state index is 10.5. The van der Waals surface area contributed by atoms with Crippen molar-refractivity contribution in [3.05, 3.63) is 39.2 Å². The molecule has 0 saturated heterocycles. The first-order chi connectivity index (χ1) is 7.63. The zero-order chi connectivity index (χ0) is 11.7. The Morgan fingerprint density at radius 2 is 2.12 bits per heavy atom. The van der Waals surface area contributed by atoms with E-state index in [0.717, 1.165) is 6.20 Å². The number of nitrogens with zero attached hydrogens (tertiary/aromatic N) is 4. The predicted molar refractivity (Wildman–Crippen MR) is 55.9 cm³/mol. The molecule has 2 rings (SSSR count). The number of nitro groups is 1. The van der Waals surface area contributed by atoms with Gasteiger partial charge < -0.3 is 0 Å². The van der Waals surface area contributed by atoms with Crippen molar-refractivity contribution >= 4 is 28.3 Å². The third kappa shape index (κ3) is 1.53. The summed E-state index contributed by atoms with van der Waals surface area (Å²) in [4.78, 5) is 17.6. The van der Waals surface area contributed by atoms with Gasteiger partial charge in [0.2, 0.25) is 0 Å². The second-order valence-electron chi connectivity index (χ2n) is 2.92. The monoisotopic (exact) mass is 234 g/mol. The minimum atomic E-state index is -0.582. The highest BCUT2D eigenvalue weighted by atomic mass is 35.5. The van der Waals surface area contributed by atoms with Gasteiger partial charge in [0, 0.05) is 17.6 Å². The molecule has 7 heteroatoms. The number of nitriles is 1. The molecule has 0 radical (unpaired) electrons. The van der Waals surface area contributed by atoms with Crippen molar-refractivity contribution in [3.8, 4) is 6.07 Å². The molecule has 0 aliphatic heterocycles. The van der Waals surface area contributed by atoms with Crippen LogP contribution in [0.1, 0.15) is 5.56 Å². The fourth-order valence-corrected chi connectivity index (χ4v) is 1.45. The van der Waals surface area contributed by atoms with Gasteiger partial charge in [-0.3, -0.25) is 10.1 Å². The predicted octanol–water partition coefficient (Wildman–Crippen LogP) is 2.06. The van der Waals surface area contributed by atoms with Crippen LogP contribution in [0.4, 0.5) is 5.69 Å². The van der Waals surface area contributed by atoms with E-state index in [1.54, 1.807) is 0 Å². The summed E-state index contributed by atoms with van der Waals surface area (Å²) in [7, 11) is 0. The summed E-state index contributed by atoms with van der Waals surface area (Å²) in [5, 5.41) is 19.7. The average molecular weight is 235 g/mol. The van der Waals surface area contributed by atoms with Crippen LogP contribution in [-0.4, -0.2) is 14.9 Å². The molecule has 78 valence electrons. The Hall–Kier alpha value is -2.26. The van der Waals surface area contributed by atoms with Gasteiger partial charge in [-0.15, -0.1) is 0 Å². The van der Waals surface area contributed by atoms with Crippen LogP contribution in [0.15, 0.2) is 18.5 Å². The Morgan fingerprint density at radius 1 is 1.44 bits per heavy atom. The molecule has 0 aromatic carbocycles. The summed E-state index contributed by atoms with van der Waals surface area (Å²) in [5.74, 6) is 0. The lowest BCUT2D eigenvalue weighted by Crippen LogP contribution is -1.92. The molecular weight excluding hydrogens is 232 g/mol. The van der Waals surface area contributed by atoms with Gasteiger partial charge in [-0.2, -0.15) is 5.26 Å². The molecule has 0 fully saturated rings. The van der Waals surface area contributed by atoms with Crippen molar-refractivity contribution in [1.29, 1.82) is 5.26 Å². The summed E-state index contributed by atoms with van der Waals surface area (Å²) in [6.07, 6.45) is 2.38. The molecule has 0 N–H and O–H groups in total. The normalized spacial score (nSPS) is 10.0. The van der Waals surface area contributed by atoms with Crippen LogP contribution in [0.5, 0.6) is 0 Å². The lowest BCUT2D eigenvalue weighted by Gasteiger charge is -2.00. The quantitative estimate of drug-likeness (QED) is 0.556. The first kappa shape index (κ1) is 10.3. The minimum Gasteiger partial charge on any atom is -0.258 e. The molecule has 0 aliphatic rings. The number of rotatable bonds is 1. The van der Waals surface area contributed by atoms with E-state index in [-0.39, 0.29) is 21.9 Å². The summed E-state index contributed by atoms with van der Waals surface area (Å²) in [6.45, 7) is 0. The molecule has 0 spiro atoms. The number of hydrogen-bond donors (Lipinski definition) is 0. The van der Waals surface area contributed by atoms with Gasteiger partial charge in [-0.1, -0.05) is 11.6 Å². The molecule has 2 aromatic rings. The standard InChI is InChI=1S/C9H3ClN4O2/c10-8-5(2-11)3-12-9-7(8)1-6(4-13-9)14(15)16/h1,3-4H. The van der Waals surface area contributed by atoms with Gasteiger partial charge in [0.1, 0.15) is 12.3 Å². The van der Waals surface area contributed by atoms with E-state index in [1.165, 1.54) is 12.3 Å². The summed E-state index contributed by atoms with van der Waals surface area (Å²) < 4.78 is 0. The number of pyridine rings is 2. The molecule has 2 aromatic heterocycles. The van der Waals surface area contributed by atoms with Crippen molar-refractivity contribution in [2.75, 3.05) is 0 Å². The molecule has 0 bridgehead atoms. The maximum Gasteiger partial charge on any atom is 0.288 e. The topological polar surface area (TPSA) is 92.7 Å². The van der Waals surface area contributed by atoms with Crippen LogP contribution in [0, 0.1) is 21.4 Å². The van der Waals surface area contributed by atoms with Gasteiger partial charge in [-0.25, -0.2) is 9.97 Å². The second kappa shape index (κ2) is 3.72. The smallest absolute Gasteiger partial charge is 0.258 e. The molecule has 6 nitrogen and oxygen atoms in total. The van der Waals surface area contributed by atoms with E-state index < -0.39 is 4.92 Å². The van der Waals surface area contributed by atoms with Gasteiger partial charge in [0.15, 0.2) is 5.65 Å². The molecular formula is C9H3ClN4O2. The highest BCUT2D eigenvalue weighted by Crippen LogP contribution is 2.26. The molecule has 0 aliphatic carbocycles. The fourth-order valence-electron chi connectivity index (χ4n) is 1.22. The van der Waals surface area contributed by atoms with Crippen LogP contribution < -0.4 is 0 Å². The fraction of sp³-hybridized carbons (Fsp3) is 0. The Labute approximate surface area is 94.3 Å². The highest BCUT2D eigenvalue weighted by molar-refractivity contribution is 6.36. The van der Waals surface area contributed by atoms with E-state index >= 15 is 0 Å². The Morgan fingerprint density at radius 3 is 2.75 bits per heavy atom. The summed E-state index contributed by atoms with van der Waals surface area (Å²) in [6, 6.07) is 3.09. The molecule has 0 saturated carbocycles. The second-order valence-corrected chi connectivity index (χ2v) is 3.30. The first-order valence-electron chi connectivity index (χ1n) is 4.12. The lowest BCUT2D eigenvalue weighted by molar-refractivity contribution is -0.385. The van der Waals surface area contributed by atoms with Crippen molar-refractivity contribution in [1.82, 2.24) is 9.97 Å². The molecule has 0 atom stereocenters. The molecule has 0 unspecified atom stereocenters. The average Bonchev–Trinajstić information content (AvgIpc) is 2.29. The summed E-state index contributed by atoms with van der Waals surface area (Å²) >= 11 is 5.89. The van der Waals surface area contributed by atoms with E-state index in [9.17, 15) is 10.1 Å². The molecule has 2 heterocycles. The number of fused-ring (bicyclic) bond motifs is 1. The largest absolute Gasteiger partial charge is 0.288 e. The van der Waals surface area contributed by atoms with E-state index in [1.807, 2.05) is 6.07 Å². The Balaban J connectivity index is 2.80. The lowest BCUT2D eigenvalue weighted by atomic mass is 10.2. The number of halogens is 1. The number of aromatic nitrogens is 2. The van der Waals surface area contributed by atoms with Crippen LogP contribution in [0.2, 0.25) is 5.02 Å². The maximum atomic E-state index is 10.5. The van der Waals surface area contributed by atoms with Crippen molar-refractivity contribution in [2.45, 2.75) is 0 Å². The molecule has 0 amide bonds. The number of hydrogen-bond acceptors (Lipinski definition) is 5. The van der Waals surface area contributed by atoms with Crippen LogP contribution in [-0.2, 0) is 0 Å². The first-order valence-corrected chi connectivity index (χ1v) is 4.50. The zero-order valence-electron chi connectivity index (χ0n) is 7.72. The Bertz CT molecular complexity index is 635.